The molecule has 156 valence electrons. The van der Waals surface area contributed by atoms with Crippen LogP contribution in [-0.4, -0.2) is 44.9 Å². The van der Waals surface area contributed by atoms with Crippen molar-refractivity contribution < 1.29 is 17.6 Å². The number of benzene rings is 2. The van der Waals surface area contributed by atoms with E-state index in [-0.39, 0.29) is 27.2 Å². The standard InChI is InChI=1S/C20H23ClFN3O3S/c1-13(25(2)16-7-8-16)12-23-20(26)18-11-17(9-10-19(18)21)29(27,28)24-15-5-3-14(22)4-6-15/h3-6,9-11,13,16,24H,7-8,12H2,1-2H3,(H,23,26). The number of carbonyl (C=O) groups is 1. The number of carbonyl (C=O) groups excluding carboxylic acids is 1. The lowest BCUT2D eigenvalue weighted by atomic mass is 10.2. The topological polar surface area (TPSA) is 78.5 Å². The molecule has 0 heterocycles. The molecule has 0 radical (unpaired) electrons. The Labute approximate surface area is 175 Å². The summed E-state index contributed by atoms with van der Waals surface area (Å²) in [6.45, 7) is 2.45. The monoisotopic (exact) mass is 439 g/mol. The van der Waals surface area contributed by atoms with E-state index in [0.29, 0.717) is 12.6 Å². The molecule has 3 rings (SSSR count). The molecule has 0 spiro atoms. The molecule has 1 amide bonds. The Morgan fingerprint density at radius 1 is 1.24 bits per heavy atom. The molecule has 1 aliphatic carbocycles. The summed E-state index contributed by atoms with van der Waals surface area (Å²) in [5, 5.41) is 2.97. The van der Waals surface area contributed by atoms with Crippen LogP contribution in [0.15, 0.2) is 47.4 Å². The fourth-order valence-electron chi connectivity index (χ4n) is 2.90. The van der Waals surface area contributed by atoms with Gasteiger partial charge in [0, 0.05) is 24.3 Å². The fraction of sp³-hybridized carbons (Fsp3) is 0.350. The molecule has 0 saturated heterocycles. The van der Waals surface area contributed by atoms with Crippen LogP contribution in [0.3, 0.4) is 0 Å². The highest BCUT2D eigenvalue weighted by molar-refractivity contribution is 7.92. The first kappa shape index (κ1) is 21.5. The Bertz CT molecular complexity index is 995. The van der Waals surface area contributed by atoms with E-state index in [1.165, 1.54) is 43.2 Å². The Morgan fingerprint density at radius 3 is 2.52 bits per heavy atom. The SMILES string of the molecule is CC(CNC(=O)c1cc(S(=O)(=O)Nc2ccc(F)cc2)ccc1Cl)N(C)C1CC1. The van der Waals surface area contributed by atoms with Crippen LogP contribution in [0.5, 0.6) is 0 Å². The van der Waals surface area contributed by atoms with Crippen molar-refractivity contribution in [1.29, 1.82) is 0 Å². The second-order valence-electron chi connectivity index (χ2n) is 7.21. The Balaban J connectivity index is 1.72. The Morgan fingerprint density at radius 2 is 1.90 bits per heavy atom. The van der Waals surface area contributed by atoms with Gasteiger partial charge in [0.25, 0.3) is 15.9 Å². The van der Waals surface area contributed by atoms with E-state index in [1.54, 1.807) is 0 Å². The second kappa shape index (κ2) is 8.69. The molecule has 1 atom stereocenters. The van der Waals surface area contributed by atoms with Gasteiger partial charge in [-0.05, 0) is 69.3 Å². The first-order chi connectivity index (χ1) is 13.7. The summed E-state index contributed by atoms with van der Waals surface area (Å²) in [4.78, 5) is 14.7. The third kappa shape index (κ3) is 5.46. The Kier molecular flexibility index (Phi) is 6.45. The smallest absolute Gasteiger partial charge is 0.261 e. The van der Waals surface area contributed by atoms with Crippen molar-refractivity contribution >= 4 is 33.2 Å². The van der Waals surface area contributed by atoms with E-state index in [4.69, 9.17) is 11.6 Å². The number of nitrogens with one attached hydrogen (secondary N) is 2. The summed E-state index contributed by atoms with van der Waals surface area (Å²) >= 11 is 6.13. The van der Waals surface area contributed by atoms with Crippen LogP contribution in [-0.2, 0) is 10.0 Å². The fourth-order valence-corrected chi connectivity index (χ4v) is 4.19. The zero-order valence-electron chi connectivity index (χ0n) is 16.2. The number of nitrogens with zero attached hydrogens (tertiary/aromatic N) is 1. The number of hydrogen-bond donors (Lipinski definition) is 2. The molecule has 29 heavy (non-hydrogen) atoms. The summed E-state index contributed by atoms with van der Waals surface area (Å²) in [6, 6.07) is 9.57. The molecule has 9 heteroatoms. The van der Waals surface area contributed by atoms with Gasteiger partial charge in [0.1, 0.15) is 5.82 Å². The number of likely N-dealkylation sites (N-methyl/N-ethyl adjacent to an activating group) is 1. The highest BCUT2D eigenvalue weighted by atomic mass is 35.5. The number of hydrogen-bond acceptors (Lipinski definition) is 4. The quantitative estimate of drug-likeness (QED) is 0.660. The van der Waals surface area contributed by atoms with Gasteiger partial charge in [-0.2, -0.15) is 0 Å². The lowest BCUT2D eigenvalue weighted by Gasteiger charge is -2.24. The average Bonchev–Trinajstić information content (AvgIpc) is 3.52. The van der Waals surface area contributed by atoms with Crippen LogP contribution in [0.1, 0.15) is 30.1 Å². The summed E-state index contributed by atoms with van der Waals surface area (Å²) in [6.07, 6.45) is 2.34. The van der Waals surface area contributed by atoms with E-state index >= 15 is 0 Å². The van der Waals surface area contributed by atoms with Gasteiger partial charge in [-0.15, -0.1) is 0 Å². The molecule has 1 saturated carbocycles. The molecule has 2 aromatic carbocycles. The molecule has 6 nitrogen and oxygen atoms in total. The number of sulfonamides is 1. The molecule has 1 fully saturated rings. The predicted molar refractivity (Wildman–Crippen MR) is 111 cm³/mol. The summed E-state index contributed by atoms with van der Waals surface area (Å²) in [7, 11) is -1.94. The van der Waals surface area contributed by atoms with Crippen LogP contribution in [0.25, 0.3) is 0 Å². The maximum absolute atomic E-state index is 13.0. The van der Waals surface area contributed by atoms with Crippen LogP contribution in [0.2, 0.25) is 5.02 Å². The molecule has 0 aromatic heterocycles. The normalized spacial score (nSPS) is 15.2. The summed E-state index contributed by atoms with van der Waals surface area (Å²) in [5.41, 5.74) is 0.291. The van der Waals surface area contributed by atoms with Crippen molar-refractivity contribution in [3.63, 3.8) is 0 Å². The molecule has 1 aliphatic rings. The maximum Gasteiger partial charge on any atom is 0.261 e. The predicted octanol–water partition coefficient (Wildman–Crippen LogP) is 3.49. The maximum atomic E-state index is 13.0. The lowest BCUT2D eigenvalue weighted by Crippen LogP contribution is -2.41. The largest absolute Gasteiger partial charge is 0.350 e. The zero-order valence-corrected chi connectivity index (χ0v) is 17.7. The van der Waals surface area contributed by atoms with Crippen molar-refractivity contribution in [1.82, 2.24) is 10.2 Å². The van der Waals surface area contributed by atoms with E-state index in [9.17, 15) is 17.6 Å². The first-order valence-electron chi connectivity index (χ1n) is 9.25. The lowest BCUT2D eigenvalue weighted by molar-refractivity contribution is 0.0939. The van der Waals surface area contributed by atoms with Gasteiger partial charge in [0.05, 0.1) is 15.5 Å². The number of rotatable bonds is 8. The third-order valence-corrected chi connectivity index (χ3v) is 6.67. The molecular formula is C20H23ClFN3O3S. The second-order valence-corrected chi connectivity index (χ2v) is 9.30. The van der Waals surface area contributed by atoms with E-state index in [1.807, 2.05) is 14.0 Å². The van der Waals surface area contributed by atoms with Crippen LogP contribution in [0.4, 0.5) is 10.1 Å². The Hall–Kier alpha value is -2.16. The van der Waals surface area contributed by atoms with E-state index in [0.717, 1.165) is 12.1 Å². The van der Waals surface area contributed by atoms with Crippen molar-refractivity contribution in [3.8, 4) is 0 Å². The highest BCUT2D eigenvalue weighted by Gasteiger charge is 2.29. The van der Waals surface area contributed by atoms with Gasteiger partial charge in [-0.1, -0.05) is 11.6 Å². The third-order valence-electron chi connectivity index (χ3n) is 4.97. The number of amides is 1. The van der Waals surface area contributed by atoms with Crippen LogP contribution < -0.4 is 10.0 Å². The highest BCUT2D eigenvalue weighted by Crippen LogP contribution is 2.27. The van der Waals surface area contributed by atoms with Gasteiger partial charge >= 0.3 is 0 Å². The van der Waals surface area contributed by atoms with Crippen molar-refractivity contribution in [2.24, 2.45) is 0 Å². The average molecular weight is 440 g/mol. The van der Waals surface area contributed by atoms with E-state index in [2.05, 4.69) is 14.9 Å². The summed E-state index contributed by atoms with van der Waals surface area (Å²) in [5.74, 6) is -0.912. The minimum absolute atomic E-state index is 0.0786. The zero-order chi connectivity index (χ0) is 21.2. The molecule has 0 bridgehead atoms. The van der Waals surface area contributed by atoms with Crippen molar-refractivity contribution in [2.45, 2.75) is 36.7 Å². The first-order valence-corrected chi connectivity index (χ1v) is 11.1. The van der Waals surface area contributed by atoms with Crippen LogP contribution >= 0.6 is 11.6 Å². The van der Waals surface area contributed by atoms with Gasteiger partial charge in [0.15, 0.2) is 0 Å². The number of halogens is 2. The minimum atomic E-state index is -3.97. The molecule has 0 aliphatic heterocycles. The van der Waals surface area contributed by atoms with Crippen molar-refractivity contribution in [2.75, 3.05) is 18.3 Å². The van der Waals surface area contributed by atoms with Gasteiger partial charge in [-0.25, -0.2) is 12.8 Å². The van der Waals surface area contributed by atoms with Gasteiger partial charge in [-0.3, -0.25) is 14.4 Å². The molecule has 1 unspecified atom stereocenters. The molecule has 2 N–H and O–H groups in total. The molecule has 2 aromatic rings. The molecular weight excluding hydrogens is 417 g/mol. The van der Waals surface area contributed by atoms with Crippen molar-refractivity contribution in [3.05, 3.63) is 58.9 Å². The number of anilines is 1. The minimum Gasteiger partial charge on any atom is -0.350 e. The summed E-state index contributed by atoms with van der Waals surface area (Å²) < 4.78 is 40.6. The van der Waals surface area contributed by atoms with E-state index < -0.39 is 21.7 Å². The van der Waals surface area contributed by atoms with Gasteiger partial charge in [0.2, 0.25) is 0 Å². The van der Waals surface area contributed by atoms with Crippen LogP contribution in [0, 0.1) is 5.82 Å². The van der Waals surface area contributed by atoms with Gasteiger partial charge < -0.3 is 5.32 Å².